The van der Waals surface area contributed by atoms with Crippen LogP contribution in [0.15, 0.2) is 41.3 Å². The van der Waals surface area contributed by atoms with Gasteiger partial charge in [0.1, 0.15) is 23.8 Å². The van der Waals surface area contributed by atoms with Crippen LogP contribution in [0.5, 0.6) is 5.75 Å². The number of aliphatic hydroxyl groups excluding tert-OH is 1. The molecule has 2 atom stereocenters. The van der Waals surface area contributed by atoms with Crippen LogP contribution in [0.4, 0.5) is 15.0 Å². The first-order valence-corrected chi connectivity index (χ1v) is 14.5. The van der Waals surface area contributed by atoms with Gasteiger partial charge < -0.3 is 29.6 Å². The Bertz CT molecular complexity index is 1470. The van der Waals surface area contributed by atoms with Gasteiger partial charge in [-0.25, -0.2) is 19.2 Å². The van der Waals surface area contributed by atoms with Crippen LogP contribution in [0.25, 0.3) is 0 Å². The summed E-state index contributed by atoms with van der Waals surface area (Å²) < 4.78 is 31.4. The van der Waals surface area contributed by atoms with Gasteiger partial charge in [0.05, 0.1) is 29.6 Å². The number of pyridine rings is 1. The zero-order chi connectivity index (χ0) is 30.7. The monoisotopic (exact) mass is 595 g/mol. The van der Waals surface area contributed by atoms with Crippen LogP contribution >= 0.6 is 0 Å². The molecule has 2 amide bonds. The summed E-state index contributed by atoms with van der Waals surface area (Å²) in [6.07, 6.45) is 4.06. The van der Waals surface area contributed by atoms with E-state index in [1.54, 1.807) is 20.8 Å². The highest BCUT2D eigenvalue weighted by Gasteiger charge is 2.37. The van der Waals surface area contributed by atoms with E-state index in [0.717, 1.165) is 42.3 Å². The van der Waals surface area contributed by atoms with Gasteiger partial charge in [0.25, 0.3) is 5.91 Å². The van der Waals surface area contributed by atoms with Gasteiger partial charge in [0, 0.05) is 19.1 Å². The van der Waals surface area contributed by atoms with E-state index in [9.17, 15) is 19.1 Å². The van der Waals surface area contributed by atoms with E-state index in [1.165, 1.54) is 17.4 Å². The van der Waals surface area contributed by atoms with Crippen molar-refractivity contribution >= 4 is 17.8 Å². The third-order valence-electron chi connectivity index (χ3n) is 7.66. The number of carbonyl (C=O) groups is 2. The summed E-state index contributed by atoms with van der Waals surface area (Å²) in [5.74, 6) is 0.200. The molecule has 3 aromatic rings. The predicted molar refractivity (Wildman–Crippen MR) is 155 cm³/mol. The number of amides is 2. The second kappa shape index (κ2) is 12.6. The molecule has 1 aliphatic carbocycles. The Hall–Kier alpha value is -4.19. The summed E-state index contributed by atoms with van der Waals surface area (Å²) in [4.78, 5) is 35.8. The maximum atomic E-state index is 14.5. The minimum absolute atomic E-state index is 0.160. The number of oxazole rings is 1. The normalized spacial score (nSPS) is 17.4. The topological polar surface area (TPSA) is 139 Å². The number of rotatable bonds is 9. The predicted octanol–water partition coefficient (Wildman–Crippen LogP) is 4.51. The highest BCUT2D eigenvalue weighted by Crippen LogP contribution is 2.30. The molecular weight excluding hydrogens is 557 g/mol. The average Bonchev–Trinajstić information content (AvgIpc) is 3.35. The number of hydrogen-bond acceptors (Lipinski definition) is 9. The first-order valence-electron chi connectivity index (χ1n) is 14.5. The van der Waals surface area contributed by atoms with Gasteiger partial charge in [-0.05, 0) is 82.7 Å². The number of ether oxygens (including phenoxy) is 2. The molecule has 1 saturated carbocycles. The zero-order valence-electron chi connectivity index (χ0n) is 24.9. The highest BCUT2D eigenvalue weighted by molar-refractivity contribution is 5.95. The molecule has 3 heterocycles. The van der Waals surface area contributed by atoms with Gasteiger partial charge in [-0.2, -0.15) is 0 Å². The summed E-state index contributed by atoms with van der Waals surface area (Å²) >= 11 is 0. The molecule has 11 nitrogen and oxygen atoms in total. The van der Waals surface area contributed by atoms with Crippen LogP contribution in [-0.2, 0) is 24.3 Å². The Morgan fingerprint density at radius 1 is 1.21 bits per heavy atom. The van der Waals surface area contributed by atoms with Gasteiger partial charge in [-0.15, -0.1) is 0 Å². The number of hydrogen-bond donors (Lipinski definition) is 3. The first-order chi connectivity index (χ1) is 20.5. The summed E-state index contributed by atoms with van der Waals surface area (Å²) in [7, 11) is 0. The Morgan fingerprint density at radius 3 is 2.67 bits per heavy atom. The number of benzene rings is 1. The number of carbonyl (C=O) groups excluding carboxylic acids is 2. The maximum absolute atomic E-state index is 14.5. The van der Waals surface area contributed by atoms with E-state index in [-0.39, 0.29) is 31.3 Å². The number of nitrogens with one attached hydrogen (secondary N) is 2. The van der Waals surface area contributed by atoms with Crippen LogP contribution in [0.1, 0.15) is 73.0 Å². The number of halogens is 1. The number of aromatic nitrogens is 2. The van der Waals surface area contributed by atoms with E-state index >= 15 is 0 Å². The number of aryl methyl sites for hydroxylation is 1. The molecule has 1 aromatic carbocycles. The van der Waals surface area contributed by atoms with E-state index < -0.39 is 35.6 Å². The van der Waals surface area contributed by atoms with Crippen molar-refractivity contribution in [3.05, 3.63) is 70.8 Å². The molecule has 43 heavy (non-hydrogen) atoms. The lowest BCUT2D eigenvalue weighted by Crippen LogP contribution is -2.54. The van der Waals surface area contributed by atoms with Gasteiger partial charge in [-0.1, -0.05) is 6.07 Å². The highest BCUT2D eigenvalue weighted by atomic mass is 19.1. The lowest BCUT2D eigenvalue weighted by atomic mass is 9.91. The molecule has 230 valence electrons. The fourth-order valence-corrected chi connectivity index (χ4v) is 5.03. The van der Waals surface area contributed by atoms with Gasteiger partial charge in [-0.3, -0.25) is 9.69 Å². The van der Waals surface area contributed by atoms with Crippen molar-refractivity contribution in [1.82, 2.24) is 20.2 Å². The van der Waals surface area contributed by atoms with E-state index in [2.05, 4.69) is 20.6 Å². The van der Waals surface area contributed by atoms with E-state index in [0.29, 0.717) is 23.7 Å². The summed E-state index contributed by atoms with van der Waals surface area (Å²) in [6, 6.07) is 6.51. The van der Waals surface area contributed by atoms with Gasteiger partial charge in [0.2, 0.25) is 0 Å². The van der Waals surface area contributed by atoms with Crippen molar-refractivity contribution in [2.24, 2.45) is 0 Å². The maximum Gasteiger partial charge on any atom is 0.410 e. The molecule has 0 saturated heterocycles. The smallest absolute Gasteiger partial charge is 0.410 e. The third-order valence-corrected chi connectivity index (χ3v) is 7.66. The second-order valence-corrected chi connectivity index (χ2v) is 12.1. The Kier molecular flexibility index (Phi) is 8.86. The number of aliphatic hydroxyl groups is 1. The fraction of sp³-hybridized carbons (Fsp3) is 0.484. The molecule has 0 radical (unpaired) electrons. The van der Waals surface area contributed by atoms with E-state index in [4.69, 9.17) is 13.9 Å². The lowest BCUT2D eigenvalue weighted by molar-refractivity contribution is -0.0113. The minimum atomic E-state index is -1.16. The lowest BCUT2D eigenvalue weighted by Gasteiger charge is -2.40. The van der Waals surface area contributed by atoms with Gasteiger partial charge in [0.15, 0.2) is 18.0 Å². The average molecular weight is 596 g/mol. The van der Waals surface area contributed by atoms with Crippen LogP contribution in [-0.4, -0.2) is 62.3 Å². The summed E-state index contributed by atoms with van der Waals surface area (Å²) in [5, 5.41) is 17.1. The van der Waals surface area contributed by atoms with Gasteiger partial charge >= 0.3 is 6.09 Å². The minimum Gasteiger partial charge on any atom is -0.486 e. The molecule has 5 rings (SSSR count). The first kappa shape index (κ1) is 30.3. The Balaban J connectivity index is 1.28. The number of nitrogens with zero attached hydrogens (tertiary/aromatic N) is 3. The molecule has 2 aromatic heterocycles. The molecule has 0 bridgehead atoms. The second-order valence-electron chi connectivity index (χ2n) is 12.1. The van der Waals surface area contributed by atoms with Crippen LogP contribution in [0.3, 0.4) is 0 Å². The van der Waals surface area contributed by atoms with Crippen molar-refractivity contribution in [3.63, 3.8) is 0 Å². The number of anilines is 1. The largest absolute Gasteiger partial charge is 0.486 e. The molecule has 12 heteroatoms. The summed E-state index contributed by atoms with van der Waals surface area (Å²) in [5.41, 5.74) is 1.58. The number of fused-ring (bicyclic) bond motifs is 1. The molecule has 1 aliphatic heterocycles. The molecule has 0 spiro atoms. The molecule has 1 fully saturated rings. The Labute approximate surface area is 249 Å². The summed E-state index contributed by atoms with van der Waals surface area (Å²) in [6.45, 7) is 7.30. The fourth-order valence-electron chi connectivity index (χ4n) is 5.03. The quantitative estimate of drug-likeness (QED) is 0.326. The molecular formula is C31H38FN5O6. The molecule has 0 unspecified atom stereocenters. The van der Waals surface area contributed by atoms with Crippen molar-refractivity contribution in [2.75, 3.05) is 11.9 Å². The van der Waals surface area contributed by atoms with Crippen LogP contribution in [0, 0.1) is 12.7 Å². The Morgan fingerprint density at radius 2 is 2.00 bits per heavy atom. The van der Waals surface area contributed by atoms with Crippen LogP contribution < -0.4 is 15.4 Å². The molecule has 2 aliphatic rings. The standard InChI is InChI=1S/C31H38FN5O6/c1-18-27(42-17-35-18)16-41-22-9-8-19-11-25(37(15-20(19)10-22)30(40)43-31(2,3)4)26(38)14-34-29(39)23-12-28(33-13-24(23)32)36-21-6-5-7-21/h8-10,12-13,17,21,25-26,38H,5-7,11,14-16H2,1-4H3,(H,33,36)(H,34,39)/t25-,26+/m0/s1. The van der Waals surface area contributed by atoms with Crippen molar-refractivity contribution in [1.29, 1.82) is 0 Å². The SMILES string of the molecule is Cc1ncoc1COc1ccc2c(c1)CN(C(=O)OC(C)(C)C)[C@H]([C@H](O)CNC(=O)c1cc(NC3CCC3)ncc1F)C2. The molecule has 3 N–H and O–H groups in total. The van der Waals surface area contributed by atoms with Crippen LogP contribution in [0.2, 0.25) is 0 Å². The van der Waals surface area contributed by atoms with Crippen molar-refractivity contribution in [2.45, 2.75) is 90.3 Å². The van der Waals surface area contributed by atoms with Crippen molar-refractivity contribution in [3.8, 4) is 5.75 Å². The third kappa shape index (κ3) is 7.42. The van der Waals surface area contributed by atoms with Crippen molar-refractivity contribution < 1.29 is 33.0 Å². The zero-order valence-corrected chi connectivity index (χ0v) is 24.9. The van der Waals surface area contributed by atoms with E-state index in [1.807, 2.05) is 25.1 Å².